The van der Waals surface area contributed by atoms with Gasteiger partial charge in [0.2, 0.25) is 0 Å². The Hall–Kier alpha value is -1.60. The van der Waals surface area contributed by atoms with Crippen LogP contribution in [0.2, 0.25) is 5.02 Å². The quantitative estimate of drug-likeness (QED) is 0.752. The van der Waals surface area contributed by atoms with E-state index in [-0.39, 0.29) is 18.6 Å². The van der Waals surface area contributed by atoms with Crippen LogP contribution in [-0.4, -0.2) is 45.4 Å². The van der Waals surface area contributed by atoms with Crippen molar-refractivity contribution in [2.75, 3.05) is 39.5 Å². The highest BCUT2D eigenvalue weighted by atomic mass is 35.5. The largest absolute Gasteiger partial charge is 0.484 e. The number of carbonyl (C=O) groups is 1. The Labute approximate surface area is 162 Å². The highest BCUT2D eigenvalue weighted by Crippen LogP contribution is 2.21. The van der Waals surface area contributed by atoms with Gasteiger partial charge in [-0.15, -0.1) is 11.3 Å². The van der Waals surface area contributed by atoms with Crippen molar-refractivity contribution in [3.63, 3.8) is 0 Å². The molecule has 1 amide bonds. The molecule has 0 aliphatic carbocycles. The van der Waals surface area contributed by atoms with Gasteiger partial charge >= 0.3 is 0 Å². The smallest absolute Gasteiger partial charge is 0.258 e. The lowest BCUT2D eigenvalue weighted by Crippen LogP contribution is -3.15. The Morgan fingerprint density at radius 1 is 1.38 bits per heavy atom. The van der Waals surface area contributed by atoms with E-state index in [0.717, 1.165) is 31.9 Å². The number of amides is 1. The predicted molar refractivity (Wildman–Crippen MR) is 103 cm³/mol. The van der Waals surface area contributed by atoms with Gasteiger partial charge in [0.15, 0.2) is 6.61 Å². The van der Waals surface area contributed by atoms with Crippen LogP contribution in [0, 0.1) is 6.92 Å². The number of ether oxygens (including phenoxy) is 2. The Bertz CT molecular complexity index is 718. The molecule has 2 N–H and O–H groups in total. The third-order valence-electron chi connectivity index (χ3n) is 4.51. The average Bonchev–Trinajstić information content (AvgIpc) is 3.16. The Morgan fingerprint density at radius 2 is 2.19 bits per heavy atom. The Kier molecular flexibility index (Phi) is 6.91. The highest BCUT2D eigenvalue weighted by Gasteiger charge is 2.27. The van der Waals surface area contributed by atoms with Crippen molar-refractivity contribution in [1.29, 1.82) is 0 Å². The van der Waals surface area contributed by atoms with Crippen LogP contribution in [0.25, 0.3) is 0 Å². The minimum Gasteiger partial charge on any atom is -0.484 e. The molecule has 1 fully saturated rings. The number of benzene rings is 1. The third kappa shape index (κ3) is 5.20. The maximum atomic E-state index is 12.3. The van der Waals surface area contributed by atoms with Crippen LogP contribution in [0.5, 0.6) is 5.75 Å². The molecule has 5 nitrogen and oxygen atoms in total. The van der Waals surface area contributed by atoms with Gasteiger partial charge in [-0.25, -0.2) is 0 Å². The van der Waals surface area contributed by atoms with Crippen LogP contribution in [0.4, 0.5) is 0 Å². The molecule has 0 bridgehead atoms. The molecule has 1 saturated heterocycles. The second-order valence-electron chi connectivity index (χ2n) is 6.34. The molecule has 7 heteroatoms. The number of hydrogen-bond donors (Lipinski definition) is 2. The lowest BCUT2D eigenvalue weighted by Gasteiger charge is -2.31. The summed E-state index contributed by atoms with van der Waals surface area (Å²) in [4.78, 5) is 15.0. The zero-order chi connectivity index (χ0) is 18.4. The molecule has 26 heavy (non-hydrogen) atoms. The molecule has 2 heterocycles. The lowest BCUT2D eigenvalue weighted by molar-refractivity contribution is -0.937. The number of halogens is 1. The molecule has 1 aliphatic rings. The Morgan fingerprint density at radius 3 is 2.88 bits per heavy atom. The van der Waals surface area contributed by atoms with E-state index in [9.17, 15) is 4.79 Å². The summed E-state index contributed by atoms with van der Waals surface area (Å²) < 4.78 is 11.1. The summed E-state index contributed by atoms with van der Waals surface area (Å²) in [6.07, 6.45) is 0. The van der Waals surface area contributed by atoms with E-state index in [2.05, 4.69) is 22.8 Å². The second-order valence-corrected chi connectivity index (χ2v) is 7.76. The summed E-state index contributed by atoms with van der Waals surface area (Å²) in [5.41, 5.74) is 0.916. The third-order valence-corrected chi connectivity index (χ3v) is 5.73. The topological polar surface area (TPSA) is 52.0 Å². The van der Waals surface area contributed by atoms with Gasteiger partial charge in [-0.3, -0.25) is 4.79 Å². The van der Waals surface area contributed by atoms with Gasteiger partial charge < -0.3 is 19.7 Å². The highest BCUT2D eigenvalue weighted by molar-refractivity contribution is 7.10. The van der Waals surface area contributed by atoms with Gasteiger partial charge in [0.05, 0.1) is 24.6 Å². The number of hydrogen-bond acceptors (Lipinski definition) is 4. The predicted octanol–water partition coefficient (Wildman–Crippen LogP) is 1.86. The fourth-order valence-electron chi connectivity index (χ4n) is 3.10. The van der Waals surface area contributed by atoms with E-state index in [0.29, 0.717) is 17.3 Å². The van der Waals surface area contributed by atoms with Crippen molar-refractivity contribution in [2.24, 2.45) is 0 Å². The van der Waals surface area contributed by atoms with Gasteiger partial charge in [-0.05, 0) is 42.1 Å². The number of morpholine rings is 1. The first-order chi connectivity index (χ1) is 12.6. The van der Waals surface area contributed by atoms with Crippen LogP contribution >= 0.6 is 22.9 Å². The van der Waals surface area contributed by atoms with E-state index < -0.39 is 0 Å². The van der Waals surface area contributed by atoms with Gasteiger partial charge in [0.1, 0.15) is 24.9 Å². The van der Waals surface area contributed by atoms with Crippen molar-refractivity contribution in [3.05, 3.63) is 51.2 Å². The lowest BCUT2D eigenvalue weighted by atomic mass is 10.2. The molecule has 0 radical (unpaired) electrons. The van der Waals surface area contributed by atoms with Crippen LogP contribution in [-0.2, 0) is 9.53 Å². The molecule has 0 spiro atoms. The molecule has 1 atom stereocenters. The summed E-state index contributed by atoms with van der Waals surface area (Å²) in [6.45, 7) is 5.95. The first-order valence-electron chi connectivity index (χ1n) is 8.75. The number of quaternary nitrogens is 1. The summed E-state index contributed by atoms with van der Waals surface area (Å²) in [6, 6.07) is 9.82. The standard InChI is InChI=1S/C19H23ClN2O3S/c1-14-11-15(20)4-5-17(14)25-13-19(23)21-12-16(18-3-2-10-26-18)22-6-8-24-9-7-22/h2-5,10-11,16H,6-9,12-13H2,1H3,(H,21,23)/p+1/t16-/m1/s1. The molecule has 1 aromatic heterocycles. The van der Waals surface area contributed by atoms with E-state index >= 15 is 0 Å². The second kappa shape index (κ2) is 9.37. The Balaban J connectivity index is 1.53. The maximum absolute atomic E-state index is 12.3. The molecule has 1 aromatic carbocycles. The fourth-order valence-corrected chi connectivity index (χ4v) is 4.22. The van der Waals surface area contributed by atoms with Gasteiger partial charge in [0.25, 0.3) is 5.91 Å². The number of thiophene rings is 1. The first kappa shape index (κ1) is 19.2. The van der Waals surface area contributed by atoms with Crippen LogP contribution < -0.4 is 15.0 Å². The number of carbonyl (C=O) groups excluding carboxylic acids is 1. The van der Waals surface area contributed by atoms with Gasteiger partial charge in [-0.2, -0.15) is 0 Å². The number of rotatable bonds is 7. The normalized spacial score (nSPS) is 16.2. The summed E-state index contributed by atoms with van der Waals surface area (Å²) in [5.74, 6) is 0.562. The monoisotopic (exact) mass is 395 g/mol. The average molecular weight is 396 g/mol. The van der Waals surface area contributed by atoms with E-state index in [4.69, 9.17) is 21.1 Å². The first-order valence-corrected chi connectivity index (χ1v) is 10.0. The van der Waals surface area contributed by atoms with Crippen molar-refractivity contribution < 1.29 is 19.2 Å². The summed E-state index contributed by atoms with van der Waals surface area (Å²) >= 11 is 7.67. The number of aryl methyl sites for hydroxylation is 1. The van der Waals surface area contributed by atoms with E-state index in [1.54, 1.807) is 23.5 Å². The summed E-state index contributed by atoms with van der Waals surface area (Å²) in [5, 5.41) is 5.76. The van der Waals surface area contributed by atoms with Crippen molar-refractivity contribution >= 4 is 28.8 Å². The molecule has 3 rings (SSSR count). The molecule has 140 valence electrons. The van der Waals surface area contributed by atoms with Crippen LogP contribution in [0.3, 0.4) is 0 Å². The maximum Gasteiger partial charge on any atom is 0.258 e. The van der Waals surface area contributed by atoms with Gasteiger partial charge in [0, 0.05) is 5.02 Å². The SMILES string of the molecule is Cc1cc(Cl)ccc1OCC(=O)NC[C@H](c1cccs1)[NH+]1CCOCC1. The molecule has 1 aliphatic heterocycles. The van der Waals surface area contributed by atoms with Crippen LogP contribution in [0.1, 0.15) is 16.5 Å². The fraction of sp³-hybridized carbons (Fsp3) is 0.421. The minimum absolute atomic E-state index is 0.00191. The molecular formula is C19H24ClN2O3S+. The van der Waals surface area contributed by atoms with E-state index in [1.165, 1.54) is 9.78 Å². The number of nitrogens with one attached hydrogen (secondary N) is 2. The van der Waals surface area contributed by atoms with Gasteiger partial charge in [-0.1, -0.05) is 17.7 Å². The summed E-state index contributed by atoms with van der Waals surface area (Å²) in [7, 11) is 0. The van der Waals surface area contributed by atoms with Crippen LogP contribution in [0.15, 0.2) is 35.7 Å². The zero-order valence-corrected chi connectivity index (χ0v) is 16.4. The minimum atomic E-state index is -0.117. The van der Waals surface area contributed by atoms with Crippen molar-refractivity contribution in [2.45, 2.75) is 13.0 Å². The molecule has 0 saturated carbocycles. The van der Waals surface area contributed by atoms with Crippen molar-refractivity contribution in [3.8, 4) is 5.75 Å². The van der Waals surface area contributed by atoms with Crippen molar-refractivity contribution in [1.82, 2.24) is 5.32 Å². The molecule has 2 aromatic rings. The van der Waals surface area contributed by atoms with E-state index in [1.807, 2.05) is 13.0 Å². The zero-order valence-electron chi connectivity index (χ0n) is 14.8. The molecular weight excluding hydrogens is 372 g/mol. The molecule has 0 unspecified atom stereocenters.